The number of ether oxygens (including phenoxy) is 1. The molecule has 2 aliphatic heterocycles. The van der Waals surface area contributed by atoms with E-state index in [1.165, 1.54) is 42.5 Å². The van der Waals surface area contributed by atoms with Crippen molar-refractivity contribution in [3.63, 3.8) is 0 Å². The SMILES string of the molecule is CCOC(=O)c1ccc2c(c1)[N+](Cc1ccc(C3=NCCN3C)cc1)(OC(=O)C(F)(F)F)C(=O)CN(C(=O)c1ccc(Cl)cc1)C2. The van der Waals surface area contributed by atoms with Crippen LogP contribution in [0.4, 0.5) is 18.9 Å². The third-order valence-corrected chi connectivity index (χ3v) is 7.85. The molecule has 3 aromatic carbocycles. The quantitative estimate of drug-likeness (QED) is 0.262. The van der Waals surface area contributed by atoms with Gasteiger partial charge in [0.15, 0.2) is 12.2 Å². The summed E-state index contributed by atoms with van der Waals surface area (Å²) in [5.41, 5.74) is 1.12. The van der Waals surface area contributed by atoms with E-state index >= 15 is 0 Å². The van der Waals surface area contributed by atoms with Gasteiger partial charge in [0.05, 0.1) is 25.3 Å². The molecule has 0 radical (unpaired) electrons. The lowest BCUT2D eigenvalue weighted by molar-refractivity contribution is -0.235. The highest BCUT2D eigenvalue weighted by Gasteiger charge is 2.55. The number of hydrogen-bond acceptors (Lipinski definition) is 8. The Bertz CT molecular complexity index is 1710. The van der Waals surface area contributed by atoms with Crippen molar-refractivity contribution in [3.05, 3.63) is 99.6 Å². The van der Waals surface area contributed by atoms with Gasteiger partial charge < -0.3 is 14.5 Å². The van der Waals surface area contributed by atoms with E-state index in [1.54, 1.807) is 31.2 Å². The van der Waals surface area contributed by atoms with Crippen LogP contribution in [0.25, 0.3) is 0 Å². The van der Waals surface area contributed by atoms with Gasteiger partial charge in [0.25, 0.3) is 5.91 Å². The molecule has 5 rings (SSSR count). The normalized spacial score (nSPS) is 18.0. The van der Waals surface area contributed by atoms with E-state index in [1.807, 2.05) is 11.9 Å². The van der Waals surface area contributed by atoms with Crippen LogP contribution in [0.1, 0.15) is 44.3 Å². The summed E-state index contributed by atoms with van der Waals surface area (Å²) in [6, 6.07) is 16.4. The number of rotatable bonds is 7. The summed E-state index contributed by atoms with van der Waals surface area (Å²) in [5, 5.41) is 0.368. The van der Waals surface area contributed by atoms with Gasteiger partial charge in [-0.2, -0.15) is 13.2 Å². The van der Waals surface area contributed by atoms with Gasteiger partial charge in [0.2, 0.25) is 0 Å². The maximum Gasteiger partial charge on any atom is 0.497 e. The number of carbonyl (C=O) groups is 4. The number of fused-ring (bicyclic) bond motifs is 1. The minimum atomic E-state index is -5.47. The molecule has 2 amide bonds. The number of amidine groups is 1. The number of nitrogens with zero attached hydrogens (tertiary/aromatic N) is 4. The molecule has 240 valence electrons. The number of halogens is 4. The van der Waals surface area contributed by atoms with Crippen molar-refractivity contribution in [2.45, 2.75) is 26.2 Å². The molecule has 46 heavy (non-hydrogen) atoms. The van der Waals surface area contributed by atoms with Gasteiger partial charge in [0, 0.05) is 46.9 Å². The smallest absolute Gasteiger partial charge is 0.462 e. The maximum absolute atomic E-state index is 14.3. The molecule has 2 heterocycles. The van der Waals surface area contributed by atoms with Crippen molar-refractivity contribution in [1.29, 1.82) is 0 Å². The molecular weight excluding hydrogens is 629 g/mol. The van der Waals surface area contributed by atoms with Crippen LogP contribution >= 0.6 is 11.6 Å². The molecule has 10 nitrogen and oxygen atoms in total. The van der Waals surface area contributed by atoms with Crippen molar-refractivity contribution in [2.24, 2.45) is 4.99 Å². The highest BCUT2D eigenvalue weighted by atomic mass is 35.5. The minimum absolute atomic E-state index is 0.00804. The fourth-order valence-corrected chi connectivity index (χ4v) is 5.45. The number of hydroxylamine groups is 2. The van der Waals surface area contributed by atoms with Crippen LogP contribution < -0.4 is 4.65 Å². The number of alkyl halides is 3. The highest BCUT2D eigenvalue weighted by molar-refractivity contribution is 6.30. The fraction of sp³-hybridized carbons (Fsp3) is 0.281. The van der Waals surface area contributed by atoms with E-state index in [-0.39, 0.29) is 35.5 Å². The summed E-state index contributed by atoms with van der Waals surface area (Å²) in [6.07, 6.45) is -5.47. The Balaban J connectivity index is 1.65. The summed E-state index contributed by atoms with van der Waals surface area (Å²) in [6.45, 7) is 1.37. The van der Waals surface area contributed by atoms with E-state index in [2.05, 4.69) is 4.99 Å². The molecule has 0 fully saturated rings. The molecule has 0 saturated heterocycles. The average molecular weight is 658 g/mol. The molecule has 0 aromatic heterocycles. The average Bonchev–Trinajstić information content (AvgIpc) is 3.41. The molecule has 0 aliphatic carbocycles. The lowest BCUT2D eigenvalue weighted by Crippen LogP contribution is -2.58. The van der Waals surface area contributed by atoms with E-state index in [0.717, 1.165) is 22.8 Å². The number of likely N-dealkylation sites (N-methyl/N-ethyl adjacent to an activating group) is 1. The largest absolute Gasteiger partial charge is 0.497 e. The molecule has 1 atom stereocenters. The van der Waals surface area contributed by atoms with Crippen LogP contribution in [0.5, 0.6) is 0 Å². The van der Waals surface area contributed by atoms with Crippen molar-refractivity contribution >= 4 is 46.9 Å². The first-order valence-corrected chi connectivity index (χ1v) is 14.6. The zero-order valence-electron chi connectivity index (χ0n) is 24.8. The summed E-state index contributed by atoms with van der Waals surface area (Å²) >= 11 is 5.97. The number of amides is 2. The van der Waals surface area contributed by atoms with E-state index in [0.29, 0.717) is 17.1 Å². The Morgan fingerprint density at radius 2 is 1.65 bits per heavy atom. The maximum atomic E-state index is 14.3. The van der Waals surface area contributed by atoms with Gasteiger partial charge in [-0.3, -0.25) is 14.6 Å². The Morgan fingerprint density at radius 1 is 0.978 bits per heavy atom. The Hall–Kier alpha value is -4.75. The number of aliphatic imine (C=N–C) groups is 1. The first kappa shape index (κ1) is 32.6. The van der Waals surface area contributed by atoms with Gasteiger partial charge in [-0.15, -0.1) is 0 Å². The van der Waals surface area contributed by atoms with Gasteiger partial charge in [-0.1, -0.05) is 41.9 Å². The first-order valence-electron chi connectivity index (χ1n) is 14.2. The highest BCUT2D eigenvalue weighted by Crippen LogP contribution is 2.38. The lowest BCUT2D eigenvalue weighted by atomic mass is 10.1. The molecule has 3 aromatic rings. The minimum Gasteiger partial charge on any atom is -0.462 e. The topological polar surface area (TPSA) is 106 Å². The van der Waals surface area contributed by atoms with Gasteiger partial charge in [0.1, 0.15) is 12.4 Å². The molecule has 0 spiro atoms. The van der Waals surface area contributed by atoms with Crippen molar-refractivity contribution in [2.75, 3.05) is 33.3 Å². The molecule has 1 unspecified atom stereocenters. The van der Waals surface area contributed by atoms with Gasteiger partial charge >= 0.3 is 24.0 Å². The molecule has 0 bridgehead atoms. The molecular formula is C32H29ClF3N4O6+. The second-order valence-electron chi connectivity index (χ2n) is 10.7. The third kappa shape index (κ3) is 6.60. The van der Waals surface area contributed by atoms with Gasteiger partial charge in [-0.05, 0) is 41.9 Å². The van der Waals surface area contributed by atoms with E-state index < -0.39 is 47.7 Å². The number of hydrogen-bond donors (Lipinski definition) is 0. The van der Waals surface area contributed by atoms with Crippen LogP contribution in [0, 0.1) is 0 Å². The standard InChI is InChI=1S/C32H29ClF3N4O6/c1-3-45-30(43)23-8-9-24-17-39(29(42)22-10-12-25(33)13-11-22)18-27(41)40(26(24)16-23,46-31(44)32(34,35)36)19-20-4-6-21(7-5-20)28-37-14-15-38(28)2/h4-13,16H,3,14-15,17-19H2,1-2H3/q+1. The lowest BCUT2D eigenvalue weighted by Gasteiger charge is -2.32. The predicted molar refractivity (Wildman–Crippen MR) is 162 cm³/mol. The van der Waals surface area contributed by atoms with Crippen molar-refractivity contribution < 1.29 is 41.9 Å². The Labute approximate surface area is 267 Å². The Kier molecular flexibility index (Phi) is 9.17. The Morgan fingerprint density at radius 3 is 2.26 bits per heavy atom. The number of carbonyl (C=O) groups excluding carboxylic acids is 4. The van der Waals surface area contributed by atoms with E-state index in [4.69, 9.17) is 21.2 Å². The molecule has 0 saturated carbocycles. The number of benzene rings is 3. The third-order valence-electron chi connectivity index (χ3n) is 7.60. The van der Waals surface area contributed by atoms with Crippen LogP contribution in [0.2, 0.25) is 5.02 Å². The molecule has 0 N–H and O–H groups in total. The van der Waals surface area contributed by atoms with E-state index in [9.17, 15) is 32.3 Å². The predicted octanol–water partition coefficient (Wildman–Crippen LogP) is 4.92. The fourth-order valence-electron chi connectivity index (χ4n) is 5.33. The zero-order valence-corrected chi connectivity index (χ0v) is 25.6. The molecule has 14 heteroatoms. The second kappa shape index (κ2) is 12.9. The summed E-state index contributed by atoms with van der Waals surface area (Å²) in [5.74, 6) is -4.36. The monoisotopic (exact) mass is 657 g/mol. The number of quaternary nitrogens is 1. The van der Waals surface area contributed by atoms with Crippen LogP contribution in [0.15, 0.2) is 71.7 Å². The zero-order chi connectivity index (χ0) is 33.2. The second-order valence-corrected chi connectivity index (χ2v) is 11.2. The van der Waals surface area contributed by atoms with Crippen LogP contribution in [-0.2, 0) is 32.3 Å². The summed E-state index contributed by atoms with van der Waals surface area (Å²) in [4.78, 5) is 65.8. The van der Waals surface area contributed by atoms with Gasteiger partial charge in [-0.25, -0.2) is 14.4 Å². The van der Waals surface area contributed by atoms with Crippen molar-refractivity contribution in [1.82, 2.24) is 14.4 Å². The van der Waals surface area contributed by atoms with Crippen LogP contribution in [-0.4, -0.2) is 78.9 Å². The molecule has 2 aliphatic rings. The van der Waals surface area contributed by atoms with Crippen LogP contribution in [0.3, 0.4) is 0 Å². The summed E-state index contributed by atoms with van der Waals surface area (Å²) < 4.78 is 44.8. The first-order chi connectivity index (χ1) is 21.8. The number of esters is 1. The summed E-state index contributed by atoms with van der Waals surface area (Å²) in [7, 11) is 1.88. The van der Waals surface area contributed by atoms with Crippen molar-refractivity contribution in [3.8, 4) is 0 Å².